The van der Waals surface area contributed by atoms with Crippen LogP contribution in [0.1, 0.15) is 30.4 Å². The second kappa shape index (κ2) is 6.03. The molecule has 0 atom stereocenters. The Labute approximate surface area is 116 Å². The first kappa shape index (κ1) is 13.8. The van der Waals surface area contributed by atoms with Crippen LogP contribution < -0.4 is 11.3 Å². The molecule has 0 aliphatic heterocycles. The Morgan fingerprint density at radius 1 is 1.37 bits per heavy atom. The molecule has 0 radical (unpaired) electrons. The lowest BCUT2D eigenvalue weighted by Crippen LogP contribution is -2.12. The Morgan fingerprint density at radius 2 is 2.16 bits per heavy atom. The van der Waals surface area contributed by atoms with Gasteiger partial charge >= 0.3 is 0 Å². The van der Waals surface area contributed by atoms with Gasteiger partial charge in [-0.25, -0.2) is 20.8 Å². The van der Waals surface area contributed by atoms with Crippen molar-refractivity contribution in [2.75, 3.05) is 5.43 Å². The molecule has 3 N–H and O–H groups in total. The molecule has 2 heterocycles. The summed E-state index contributed by atoms with van der Waals surface area (Å²) in [5.74, 6) is 6.96. The normalized spacial score (nSPS) is 10.7. The van der Waals surface area contributed by atoms with Crippen LogP contribution in [-0.2, 0) is 6.42 Å². The smallest absolute Gasteiger partial charge is 0.262 e. The fourth-order valence-corrected chi connectivity index (χ4v) is 2.59. The fraction of sp³-hybridized carbons (Fsp3) is 0.417. The molecule has 102 valence electrons. The third-order valence-electron chi connectivity index (χ3n) is 2.74. The predicted molar refractivity (Wildman–Crippen MR) is 73.9 cm³/mol. The second-order valence-electron chi connectivity index (χ2n) is 4.12. The van der Waals surface area contributed by atoms with E-state index in [1.54, 1.807) is 0 Å². The van der Waals surface area contributed by atoms with E-state index in [1.165, 1.54) is 18.1 Å². The summed E-state index contributed by atoms with van der Waals surface area (Å²) in [6, 6.07) is 0. The zero-order valence-electron chi connectivity index (χ0n) is 11.2. The lowest BCUT2D eigenvalue weighted by Gasteiger charge is -2.09. The van der Waals surface area contributed by atoms with Crippen molar-refractivity contribution < 1.29 is 4.42 Å². The fourth-order valence-electron chi connectivity index (χ4n) is 1.65. The summed E-state index contributed by atoms with van der Waals surface area (Å²) in [7, 11) is 0. The van der Waals surface area contributed by atoms with Crippen LogP contribution in [0.15, 0.2) is 21.0 Å². The Hall–Kier alpha value is -1.60. The molecular weight excluding hydrogens is 262 g/mol. The van der Waals surface area contributed by atoms with E-state index in [2.05, 4.69) is 27.3 Å². The summed E-state index contributed by atoms with van der Waals surface area (Å²) in [4.78, 5) is 12.8. The van der Waals surface area contributed by atoms with E-state index in [1.807, 2.05) is 13.8 Å². The standard InChI is InChI=1S/C12H17N5OS/c1-4-5-9-10(17-13)14-6-15-11(9)19-12-16-7(2)8(3)18-12/h6H,4-5,13H2,1-3H3,(H,14,15,17). The first-order valence-electron chi connectivity index (χ1n) is 6.08. The summed E-state index contributed by atoms with van der Waals surface area (Å²) >= 11 is 1.39. The SMILES string of the molecule is CCCc1c(NN)ncnc1Sc1nc(C)c(C)o1. The number of aryl methyl sites for hydroxylation is 2. The summed E-state index contributed by atoms with van der Waals surface area (Å²) in [6.07, 6.45) is 3.32. The van der Waals surface area contributed by atoms with E-state index in [9.17, 15) is 0 Å². The van der Waals surface area contributed by atoms with Crippen LogP contribution in [0.3, 0.4) is 0 Å². The van der Waals surface area contributed by atoms with Gasteiger partial charge in [0.05, 0.1) is 5.69 Å². The Kier molecular flexibility index (Phi) is 4.39. The van der Waals surface area contributed by atoms with Gasteiger partial charge in [0.2, 0.25) is 0 Å². The zero-order valence-corrected chi connectivity index (χ0v) is 12.0. The lowest BCUT2D eigenvalue weighted by molar-refractivity contribution is 0.431. The monoisotopic (exact) mass is 279 g/mol. The molecule has 2 rings (SSSR count). The Bertz CT molecular complexity index is 550. The number of hydrogen-bond acceptors (Lipinski definition) is 7. The highest BCUT2D eigenvalue weighted by molar-refractivity contribution is 7.99. The van der Waals surface area contributed by atoms with Crippen LogP contribution >= 0.6 is 11.8 Å². The Morgan fingerprint density at radius 3 is 2.74 bits per heavy atom. The van der Waals surface area contributed by atoms with Crippen molar-refractivity contribution in [1.82, 2.24) is 15.0 Å². The molecule has 0 unspecified atom stereocenters. The number of nitrogens with zero attached hydrogens (tertiary/aromatic N) is 3. The van der Waals surface area contributed by atoms with Gasteiger partial charge in [-0.05, 0) is 32.0 Å². The quantitative estimate of drug-likeness (QED) is 0.493. The third kappa shape index (κ3) is 3.05. The molecule has 6 nitrogen and oxygen atoms in total. The van der Waals surface area contributed by atoms with Crippen LogP contribution in [0, 0.1) is 13.8 Å². The van der Waals surface area contributed by atoms with E-state index < -0.39 is 0 Å². The van der Waals surface area contributed by atoms with Crippen LogP contribution in [-0.4, -0.2) is 15.0 Å². The van der Waals surface area contributed by atoms with Gasteiger partial charge in [0.1, 0.15) is 22.9 Å². The molecular formula is C12H17N5OS. The van der Waals surface area contributed by atoms with Gasteiger partial charge in [0.25, 0.3) is 5.22 Å². The predicted octanol–water partition coefficient (Wildman–Crippen LogP) is 2.47. The summed E-state index contributed by atoms with van der Waals surface area (Å²) in [6.45, 7) is 5.91. The van der Waals surface area contributed by atoms with Crippen LogP contribution in [0.25, 0.3) is 0 Å². The first-order chi connectivity index (χ1) is 9.15. The maximum atomic E-state index is 5.56. The molecule has 19 heavy (non-hydrogen) atoms. The molecule has 0 fully saturated rings. The van der Waals surface area contributed by atoms with E-state index in [0.29, 0.717) is 11.0 Å². The van der Waals surface area contributed by atoms with Gasteiger partial charge in [-0.2, -0.15) is 0 Å². The van der Waals surface area contributed by atoms with Crippen LogP contribution in [0.4, 0.5) is 5.82 Å². The topological polar surface area (TPSA) is 89.9 Å². The van der Waals surface area contributed by atoms with Crippen molar-refractivity contribution >= 4 is 17.6 Å². The lowest BCUT2D eigenvalue weighted by atomic mass is 10.2. The number of hydrazine groups is 1. The van der Waals surface area contributed by atoms with Crippen molar-refractivity contribution in [2.45, 2.75) is 43.9 Å². The minimum Gasteiger partial charge on any atom is -0.436 e. The van der Waals surface area contributed by atoms with Crippen LogP contribution in [0.2, 0.25) is 0 Å². The third-order valence-corrected chi connectivity index (χ3v) is 3.63. The minimum atomic E-state index is 0.592. The number of nitrogens with two attached hydrogens (primary N) is 1. The van der Waals surface area contributed by atoms with Crippen molar-refractivity contribution in [1.29, 1.82) is 0 Å². The van der Waals surface area contributed by atoms with E-state index in [4.69, 9.17) is 10.3 Å². The zero-order chi connectivity index (χ0) is 13.8. The number of hydrogen-bond donors (Lipinski definition) is 2. The average molecular weight is 279 g/mol. The van der Waals surface area contributed by atoms with E-state index >= 15 is 0 Å². The molecule has 0 saturated carbocycles. The average Bonchev–Trinajstić information content (AvgIpc) is 2.70. The summed E-state index contributed by atoms with van der Waals surface area (Å²) in [5.41, 5.74) is 4.49. The maximum absolute atomic E-state index is 5.56. The van der Waals surface area contributed by atoms with E-state index in [0.717, 1.165) is 34.9 Å². The molecule has 0 spiro atoms. The second-order valence-corrected chi connectivity index (χ2v) is 5.06. The molecule has 0 aliphatic rings. The van der Waals surface area contributed by atoms with Crippen molar-refractivity contribution in [2.24, 2.45) is 5.84 Å². The molecule has 7 heteroatoms. The number of nitrogens with one attached hydrogen (secondary N) is 1. The van der Waals surface area contributed by atoms with Crippen molar-refractivity contribution in [3.8, 4) is 0 Å². The molecule has 0 amide bonds. The first-order valence-corrected chi connectivity index (χ1v) is 6.89. The van der Waals surface area contributed by atoms with Gasteiger partial charge in [-0.1, -0.05) is 13.3 Å². The number of rotatable bonds is 5. The van der Waals surface area contributed by atoms with Gasteiger partial charge in [-0.3, -0.25) is 0 Å². The van der Waals surface area contributed by atoms with Crippen molar-refractivity contribution in [3.63, 3.8) is 0 Å². The summed E-state index contributed by atoms with van der Waals surface area (Å²) < 4.78 is 5.56. The largest absolute Gasteiger partial charge is 0.436 e. The molecule has 2 aromatic rings. The number of aromatic nitrogens is 3. The minimum absolute atomic E-state index is 0.592. The molecule has 0 aliphatic carbocycles. The highest BCUT2D eigenvalue weighted by Crippen LogP contribution is 2.32. The van der Waals surface area contributed by atoms with Gasteiger partial charge in [0.15, 0.2) is 0 Å². The van der Waals surface area contributed by atoms with Gasteiger partial charge < -0.3 is 9.84 Å². The number of nitrogen functional groups attached to an aromatic ring is 1. The summed E-state index contributed by atoms with van der Waals surface area (Å²) in [5, 5.41) is 1.42. The number of oxazole rings is 1. The Balaban J connectivity index is 2.33. The van der Waals surface area contributed by atoms with Gasteiger partial charge in [-0.15, -0.1) is 0 Å². The van der Waals surface area contributed by atoms with Crippen LogP contribution in [0.5, 0.6) is 0 Å². The van der Waals surface area contributed by atoms with Crippen molar-refractivity contribution in [3.05, 3.63) is 23.3 Å². The molecule has 0 aromatic carbocycles. The molecule has 0 bridgehead atoms. The highest BCUT2D eigenvalue weighted by atomic mass is 32.2. The van der Waals surface area contributed by atoms with Gasteiger partial charge in [0, 0.05) is 5.56 Å². The highest BCUT2D eigenvalue weighted by Gasteiger charge is 2.15. The number of anilines is 1. The maximum Gasteiger partial charge on any atom is 0.262 e. The molecule has 0 saturated heterocycles. The molecule has 2 aromatic heterocycles. The van der Waals surface area contributed by atoms with E-state index in [-0.39, 0.29) is 0 Å².